The number of rotatable bonds is 8. The van der Waals surface area contributed by atoms with Crippen LogP contribution in [0.5, 0.6) is 0 Å². The molecule has 0 unspecified atom stereocenters. The molecule has 148 valence electrons. The molecule has 0 saturated carbocycles. The van der Waals surface area contributed by atoms with E-state index in [0.29, 0.717) is 12.0 Å². The first kappa shape index (κ1) is 20.2. The summed E-state index contributed by atoms with van der Waals surface area (Å²) in [6.45, 7) is 10.8. The molecule has 1 aliphatic heterocycles. The maximum absolute atomic E-state index is 6.08. The zero-order chi connectivity index (χ0) is 19.3. The van der Waals surface area contributed by atoms with Crippen molar-refractivity contribution in [3.8, 4) is 0 Å². The monoisotopic (exact) mass is 369 g/mol. The van der Waals surface area contributed by atoms with Gasteiger partial charge in [0.25, 0.3) is 0 Å². The Bertz CT molecular complexity index is 678. The highest BCUT2D eigenvalue weighted by atomic mass is 16.5. The maximum atomic E-state index is 6.08. The van der Waals surface area contributed by atoms with Crippen LogP contribution in [0, 0.1) is 11.3 Å². The van der Waals surface area contributed by atoms with Gasteiger partial charge >= 0.3 is 0 Å². The van der Waals surface area contributed by atoms with Crippen molar-refractivity contribution in [3.05, 3.63) is 60.1 Å². The molecule has 0 spiro atoms. The average Bonchev–Trinajstić information content (AvgIpc) is 3.12. The number of hydrogen-bond donors (Lipinski definition) is 1. The Balaban J connectivity index is 1.77. The lowest BCUT2D eigenvalue weighted by Crippen LogP contribution is -2.47. The van der Waals surface area contributed by atoms with Gasteiger partial charge in [-0.3, -0.25) is 0 Å². The summed E-state index contributed by atoms with van der Waals surface area (Å²) in [4.78, 5) is 0. The molecule has 0 radical (unpaired) electrons. The third kappa shape index (κ3) is 5.70. The van der Waals surface area contributed by atoms with Crippen LogP contribution in [0.2, 0.25) is 0 Å². The van der Waals surface area contributed by atoms with Crippen LogP contribution in [0.1, 0.15) is 58.3 Å². The van der Waals surface area contributed by atoms with Crippen LogP contribution >= 0.6 is 0 Å². The van der Waals surface area contributed by atoms with Crippen molar-refractivity contribution in [3.63, 3.8) is 0 Å². The Kier molecular flexibility index (Phi) is 6.44. The number of benzene rings is 1. The van der Waals surface area contributed by atoms with Crippen molar-refractivity contribution in [2.24, 2.45) is 11.3 Å². The fourth-order valence-corrected chi connectivity index (χ4v) is 4.67. The van der Waals surface area contributed by atoms with E-state index in [1.54, 1.807) is 6.26 Å². The summed E-state index contributed by atoms with van der Waals surface area (Å²) in [6, 6.07) is 15.4. The second-order valence-electron chi connectivity index (χ2n) is 9.21. The molecular weight excluding hydrogens is 334 g/mol. The van der Waals surface area contributed by atoms with Crippen LogP contribution in [-0.2, 0) is 17.7 Å². The molecule has 2 atom stereocenters. The molecule has 27 heavy (non-hydrogen) atoms. The molecule has 0 amide bonds. The quantitative estimate of drug-likeness (QED) is 0.657. The lowest BCUT2D eigenvalue weighted by molar-refractivity contribution is -0.110. The van der Waals surface area contributed by atoms with Gasteiger partial charge in [0.05, 0.1) is 18.4 Å². The van der Waals surface area contributed by atoms with Gasteiger partial charge in [0.1, 0.15) is 5.76 Å². The van der Waals surface area contributed by atoms with Crippen LogP contribution in [-0.4, -0.2) is 18.2 Å². The van der Waals surface area contributed by atoms with Crippen molar-refractivity contribution in [1.82, 2.24) is 5.32 Å². The summed E-state index contributed by atoms with van der Waals surface area (Å²) < 4.78 is 11.6. The largest absolute Gasteiger partial charge is 0.468 e. The summed E-state index contributed by atoms with van der Waals surface area (Å²) in [5.74, 6) is 1.57. The predicted octanol–water partition coefficient (Wildman–Crippen LogP) is 5.60. The molecule has 1 fully saturated rings. The van der Waals surface area contributed by atoms with Crippen molar-refractivity contribution in [1.29, 1.82) is 0 Å². The average molecular weight is 370 g/mol. The third-order valence-electron chi connectivity index (χ3n) is 5.92. The maximum Gasteiger partial charge on any atom is 0.117 e. The number of nitrogens with one attached hydrogen (secondary N) is 1. The van der Waals surface area contributed by atoms with E-state index in [0.717, 1.165) is 44.6 Å². The molecule has 1 saturated heterocycles. The van der Waals surface area contributed by atoms with Crippen LogP contribution < -0.4 is 5.32 Å². The first-order valence-electron chi connectivity index (χ1n) is 10.3. The summed E-state index contributed by atoms with van der Waals surface area (Å²) in [5.41, 5.74) is 1.63. The lowest BCUT2D eigenvalue weighted by Gasteiger charge is -2.47. The third-order valence-corrected chi connectivity index (χ3v) is 5.92. The van der Waals surface area contributed by atoms with Crippen molar-refractivity contribution in [2.45, 2.75) is 71.6 Å². The van der Waals surface area contributed by atoms with Gasteiger partial charge in [-0.2, -0.15) is 0 Å². The SMILES string of the molecule is CC(C)[C@@H](C[C@@]1(Cc2ccccc2)CCOC(C)(C)C1)NCc1ccco1. The minimum absolute atomic E-state index is 0.0599. The molecule has 2 heterocycles. The minimum Gasteiger partial charge on any atom is -0.468 e. The Morgan fingerprint density at radius 3 is 2.48 bits per heavy atom. The second kappa shape index (κ2) is 8.62. The number of hydrogen-bond acceptors (Lipinski definition) is 3. The first-order valence-corrected chi connectivity index (χ1v) is 10.3. The summed E-state index contributed by atoms with van der Waals surface area (Å²) in [5, 5.41) is 3.77. The summed E-state index contributed by atoms with van der Waals surface area (Å²) in [7, 11) is 0. The smallest absolute Gasteiger partial charge is 0.117 e. The molecule has 2 aromatic rings. The fourth-order valence-electron chi connectivity index (χ4n) is 4.67. The van der Waals surface area contributed by atoms with Crippen LogP contribution in [0.3, 0.4) is 0 Å². The van der Waals surface area contributed by atoms with Gasteiger partial charge in [-0.15, -0.1) is 0 Å². The standard InChI is InChI=1S/C24H35NO2/c1-19(2)22(25-17-21-11-8-13-26-21)16-24(12-14-27-23(3,4)18-24)15-20-9-6-5-7-10-20/h5-11,13,19,22,25H,12,14-18H2,1-4H3/t22-,24+/m1/s1. The van der Waals surface area contributed by atoms with Gasteiger partial charge in [-0.25, -0.2) is 0 Å². The normalized spacial score (nSPS) is 23.4. The van der Waals surface area contributed by atoms with Gasteiger partial charge in [0.2, 0.25) is 0 Å². The lowest BCUT2D eigenvalue weighted by atomic mass is 9.66. The van der Waals surface area contributed by atoms with E-state index in [9.17, 15) is 0 Å². The Labute approximate surface area is 164 Å². The molecular formula is C24H35NO2. The zero-order valence-electron chi connectivity index (χ0n) is 17.3. The van der Waals surface area contributed by atoms with Crippen LogP contribution in [0.25, 0.3) is 0 Å². The van der Waals surface area contributed by atoms with E-state index in [2.05, 4.69) is 63.3 Å². The van der Waals surface area contributed by atoms with Crippen molar-refractivity contribution < 1.29 is 9.15 Å². The summed E-state index contributed by atoms with van der Waals surface area (Å²) >= 11 is 0. The van der Waals surface area contributed by atoms with Gasteiger partial charge in [-0.1, -0.05) is 44.2 Å². The van der Waals surface area contributed by atoms with E-state index in [4.69, 9.17) is 9.15 Å². The molecule has 3 nitrogen and oxygen atoms in total. The van der Waals surface area contributed by atoms with Gasteiger partial charge in [0.15, 0.2) is 0 Å². The van der Waals surface area contributed by atoms with E-state index in [-0.39, 0.29) is 11.0 Å². The van der Waals surface area contributed by atoms with E-state index < -0.39 is 0 Å². The van der Waals surface area contributed by atoms with Gasteiger partial charge < -0.3 is 14.5 Å². The molecule has 0 bridgehead atoms. The highest BCUT2D eigenvalue weighted by Crippen LogP contribution is 2.45. The Hall–Kier alpha value is -1.58. The molecule has 1 aromatic heterocycles. The van der Waals surface area contributed by atoms with E-state index >= 15 is 0 Å². The summed E-state index contributed by atoms with van der Waals surface area (Å²) in [6.07, 6.45) is 6.25. The van der Waals surface area contributed by atoms with E-state index in [1.165, 1.54) is 5.56 Å². The van der Waals surface area contributed by atoms with Gasteiger partial charge in [-0.05, 0) is 68.6 Å². The molecule has 1 aliphatic rings. The van der Waals surface area contributed by atoms with Crippen LogP contribution in [0.4, 0.5) is 0 Å². The predicted molar refractivity (Wildman–Crippen MR) is 111 cm³/mol. The molecule has 1 N–H and O–H groups in total. The molecule has 1 aromatic carbocycles. The topological polar surface area (TPSA) is 34.4 Å². The van der Waals surface area contributed by atoms with Crippen molar-refractivity contribution in [2.75, 3.05) is 6.61 Å². The van der Waals surface area contributed by atoms with E-state index in [1.807, 2.05) is 12.1 Å². The van der Waals surface area contributed by atoms with Gasteiger partial charge in [0, 0.05) is 12.6 Å². The molecule has 3 heteroatoms. The van der Waals surface area contributed by atoms with Crippen molar-refractivity contribution >= 4 is 0 Å². The molecule has 0 aliphatic carbocycles. The highest BCUT2D eigenvalue weighted by molar-refractivity contribution is 5.17. The number of furan rings is 1. The first-order chi connectivity index (χ1) is 12.9. The Morgan fingerprint density at radius 2 is 1.85 bits per heavy atom. The molecule has 3 rings (SSSR count). The van der Waals surface area contributed by atoms with Crippen LogP contribution in [0.15, 0.2) is 53.1 Å². The Morgan fingerprint density at radius 1 is 1.07 bits per heavy atom. The minimum atomic E-state index is -0.0599. The fraction of sp³-hybridized carbons (Fsp3) is 0.583. The number of ether oxygens (including phenoxy) is 1. The zero-order valence-corrected chi connectivity index (χ0v) is 17.3. The second-order valence-corrected chi connectivity index (χ2v) is 9.21. The highest BCUT2D eigenvalue weighted by Gasteiger charge is 2.42.